The van der Waals surface area contributed by atoms with E-state index in [0.717, 1.165) is 0 Å². The van der Waals surface area contributed by atoms with E-state index in [0.29, 0.717) is 16.3 Å². The second kappa shape index (κ2) is 3.44. The van der Waals surface area contributed by atoms with Gasteiger partial charge in [0.25, 0.3) is 0 Å². The van der Waals surface area contributed by atoms with Crippen molar-refractivity contribution in [1.29, 1.82) is 0 Å². The average Bonchev–Trinajstić information content (AvgIpc) is 2.02. The Kier molecular flexibility index (Phi) is 2.98. The number of hydrogen-bond donors (Lipinski definition) is 0. The van der Waals surface area contributed by atoms with Crippen LogP contribution in [0.1, 0.15) is 33.1 Å². The molecule has 1 rings (SSSR count). The fourth-order valence-electron chi connectivity index (χ4n) is 2.18. The highest BCUT2D eigenvalue weighted by molar-refractivity contribution is 9.09. The summed E-state index contributed by atoms with van der Waals surface area (Å²) in [5, 5.41) is 0. The van der Waals surface area contributed by atoms with Crippen molar-refractivity contribution in [3.8, 4) is 0 Å². The second-order valence-electron chi connectivity index (χ2n) is 3.37. The summed E-state index contributed by atoms with van der Waals surface area (Å²) in [4.78, 5) is 0.676. The Bertz CT molecular complexity index is 132. The number of ether oxygens (including phenoxy) is 1. The number of halogens is 1. The highest BCUT2D eigenvalue weighted by Gasteiger charge is 2.51. The van der Waals surface area contributed by atoms with Gasteiger partial charge in [0.2, 0.25) is 0 Å². The molecule has 0 bridgehead atoms. The SMILES string of the molecule is CCC1(CC)C(Br)CC1OC. The van der Waals surface area contributed by atoms with E-state index in [1.54, 1.807) is 0 Å². The Morgan fingerprint density at radius 1 is 1.45 bits per heavy atom. The predicted octanol–water partition coefficient (Wildman–Crippen LogP) is 2.98. The third kappa shape index (κ3) is 1.25. The summed E-state index contributed by atoms with van der Waals surface area (Å²) in [5.41, 5.74) is 0.425. The summed E-state index contributed by atoms with van der Waals surface area (Å²) in [5.74, 6) is 0. The van der Waals surface area contributed by atoms with Gasteiger partial charge in [-0.15, -0.1) is 0 Å². The van der Waals surface area contributed by atoms with Gasteiger partial charge < -0.3 is 4.74 Å². The molecule has 0 N–H and O–H groups in total. The fourth-order valence-corrected chi connectivity index (χ4v) is 3.46. The zero-order valence-electron chi connectivity index (χ0n) is 7.56. The van der Waals surface area contributed by atoms with Crippen LogP contribution in [0.25, 0.3) is 0 Å². The first-order valence-corrected chi connectivity index (χ1v) is 5.29. The molecule has 0 aromatic heterocycles. The zero-order valence-corrected chi connectivity index (χ0v) is 9.15. The largest absolute Gasteiger partial charge is 0.381 e. The fraction of sp³-hybridized carbons (Fsp3) is 1.00. The third-order valence-electron chi connectivity index (χ3n) is 3.29. The van der Waals surface area contributed by atoms with E-state index in [1.807, 2.05) is 7.11 Å². The minimum atomic E-state index is 0.425. The van der Waals surface area contributed by atoms with E-state index in [4.69, 9.17) is 4.74 Å². The van der Waals surface area contributed by atoms with Crippen molar-refractivity contribution < 1.29 is 4.74 Å². The van der Waals surface area contributed by atoms with Crippen LogP contribution in [0.3, 0.4) is 0 Å². The molecule has 1 nitrogen and oxygen atoms in total. The molecule has 0 radical (unpaired) electrons. The zero-order chi connectivity index (χ0) is 8.48. The molecule has 2 heteroatoms. The molecule has 1 aliphatic rings. The molecule has 1 aliphatic carbocycles. The molecule has 0 aliphatic heterocycles. The summed E-state index contributed by atoms with van der Waals surface area (Å²) >= 11 is 3.71. The molecule has 0 aromatic rings. The van der Waals surface area contributed by atoms with Crippen LogP contribution in [0.15, 0.2) is 0 Å². The lowest BCUT2D eigenvalue weighted by molar-refractivity contribution is -0.0864. The lowest BCUT2D eigenvalue weighted by Crippen LogP contribution is -2.54. The van der Waals surface area contributed by atoms with Crippen LogP contribution in [0.5, 0.6) is 0 Å². The third-order valence-corrected chi connectivity index (χ3v) is 4.57. The van der Waals surface area contributed by atoms with Gasteiger partial charge in [0, 0.05) is 17.4 Å². The number of hydrogen-bond acceptors (Lipinski definition) is 1. The Morgan fingerprint density at radius 3 is 2.18 bits per heavy atom. The molecule has 1 fully saturated rings. The smallest absolute Gasteiger partial charge is 0.0648 e. The van der Waals surface area contributed by atoms with Gasteiger partial charge in [-0.05, 0) is 19.3 Å². The van der Waals surface area contributed by atoms with Crippen molar-refractivity contribution in [3.05, 3.63) is 0 Å². The van der Waals surface area contributed by atoms with Gasteiger partial charge in [-0.1, -0.05) is 29.8 Å². The van der Waals surface area contributed by atoms with Gasteiger partial charge in [-0.3, -0.25) is 0 Å². The lowest BCUT2D eigenvalue weighted by atomic mass is 9.62. The van der Waals surface area contributed by atoms with Crippen molar-refractivity contribution in [3.63, 3.8) is 0 Å². The van der Waals surface area contributed by atoms with E-state index in [-0.39, 0.29) is 0 Å². The first kappa shape index (κ1) is 9.53. The van der Waals surface area contributed by atoms with E-state index in [9.17, 15) is 0 Å². The first-order valence-electron chi connectivity index (χ1n) is 4.38. The normalized spacial score (nSPS) is 34.9. The highest BCUT2D eigenvalue weighted by atomic mass is 79.9. The van der Waals surface area contributed by atoms with Crippen LogP contribution < -0.4 is 0 Å². The first-order chi connectivity index (χ1) is 5.21. The molecule has 0 aromatic carbocycles. The monoisotopic (exact) mass is 220 g/mol. The highest BCUT2D eigenvalue weighted by Crippen LogP contribution is 2.52. The summed E-state index contributed by atoms with van der Waals surface area (Å²) in [6, 6.07) is 0. The van der Waals surface area contributed by atoms with E-state index >= 15 is 0 Å². The molecule has 66 valence electrons. The van der Waals surface area contributed by atoms with Crippen LogP contribution in [0, 0.1) is 5.41 Å². The van der Waals surface area contributed by atoms with Crippen molar-refractivity contribution in [2.24, 2.45) is 5.41 Å². The number of methoxy groups -OCH3 is 1. The summed E-state index contributed by atoms with van der Waals surface area (Å²) in [7, 11) is 1.82. The van der Waals surface area contributed by atoms with Gasteiger partial charge in [-0.2, -0.15) is 0 Å². The van der Waals surface area contributed by atoms with Crippen LogP contribution in [0.4, 0.5) is 0 Å². The molecule has 2 unspecified atom stereocenters. The molecule has 0 amide bonds. The summed E-state index contributed by atoms with van der Waals surface area (Å²) in [6.07, 6.45) is 4.11. The Hall–Kier alpha value is 0.440. The Balaban J connectivity index is 2.62. The molecule has 0 saturated heterocycles. The van der Waals surface area contributed by atoms with Gasteiger partial charge in [-0.25, -0.2) is 0 Å². The minimum Gasteiger partial charge on any atom is -0.381 e. The van der Waals surface area contributed by atoms with E-state index < -0.39 is 0 Å². The summed E-state index contributed by atoms with van der Waals surface area (Å²) < 4.78 is 5.42. The number of rotatable bonds is 3. The molecule has 2 atom stereocenters. The van der Waals surface area contributed by atoms with Crippen LogP contribution >= 0.6 is 15.9 Å². The van der Waals surface area contributed by atoms with Gasteiger partial charge in [0.1, 0.15) is 0 Å². The lowest BCUT2D eigenvalue weighted by Gasteiger charge is -2.52. The minimum absolute atomic E-state index is 0.425. The molecule has 0 spiro atoms. The topological polar surface area (TPSA) is 9.23 Å². The van der Waals surface area contributed by atoms with Crippen LogP contribution in [-0.2, 0) is 4.74 Å². The van der Waals surface area contributed by atoms with Gasteiger partial charge >= 0.3 is 0 Å². The van der Waals surface area contributed by atoms with Crippen LogP contribution in [0.2, 0.25) is 0 Å². The molecular weight excluding hydrogens is 204 g/mol. The standard InChI is InChI=1S/C9H17BrO/c1-4-9(5-2)7(10)6-8(9)11-3/h7-8H,4-6H2,1-3H3. The summed E-state index contributed by atoms with van der Waals surface area (Å²) in [6.45, 7) is 4.51. The maximum Gasteiger partial charge on any atom is 0.0648 e. The van der Waals surface area contributed by atoms with E-state index in [2.05, 4.69) is 29.8 Å². The van der Waals surface area contributed by atoms with Crippen molar-refractivity contribution >= 4 is 15.9 Å². The van der Waals surface area contributed by atoms with E-state index in [1.165, 1.54) is 19.3 Å². The maximum atomic E-state index is 5.42. The van der Waals surface area contributed by atoms with Crippen molar-refractivity contribution in [2.75, 3.05) is 7.11 Å². The molecule has 1 saturated carbocycles. The predicted molar refractivity (Wildman–Crippen MR) is 51.1 cm³/mol. The van der Waals surface area contributed by atoms with Crippen molar-refractivity contribution in [1.82, 2.24) is 0 Å². The Labute approximate surface area is 77.6 Å². The molecule has 11 heavy (non-hydrogen) atoms. The molecule has 0 heterocycles. The van der Waals surface area contributed by atoms with Crippen molar-refractivity contribution in [2.45, 2.75) is 44.0 Å². The van der Waals surface area contributed by atoms with Gasteiger partial charge in [0.15, 0.2) is 0 Å². The molecular formula is C9H17BrO. The Morgan fingerprint density at radius 2 is 2.00 bits per heavy atom. The van der Waals surface area contributed by atoms with Crippen LogP contribution in [-0.4, -0.2) is 18.0 Å². The quantitative estimate of drug-likeness (QED) is 0.665. The number of alkyl halides is 1. The second-order valence-corrected chi connectivity index (χ2v) is 4.47. The maximum absolute atomic E-state index is 5.42. The van der Waals surface area contributed by atoms with Gasteiger partial charge in [0.05, 0.1) is 6.10 Å². The average molecular weight is 221 g/mol.